The summed E-state index contributed by atoms with van der Waals surface area (Å²) in [5.74, 6) is 0. The zero-order chi connectivity index (χ0) is 13.9. The SMILES string of the molecule is Clc1ccc(CNCCn2cc(Cl)c3ccccc32)s1. The van der Waals surface area contributed by atoms with Gasteiger partial charge in [0.05, 0.1) is 9.36 Å². The lowest BCUT2D eigenvalue weighted by Gasteiger charge is -2.06. The molecule has 0 aliphatic heterocycles. The van der Waals surface area contributed by atoms with Crippen molar-refractivity contribution in [1.82, 2.24) is 9.88 Å². The van der Waals surface area contributed by atoms with Gasteiger partial charge in [0.15, 0.2) is 0 Å². The summed E-state index contributed by atoms with van der Waals surface area (Å²) in [6.45, 7) is 2.64. The second-order valence-corrected chi connectivity index (χ2v) is 6.78. The minimum absolute atomic E-state index is 0.811. The van der Waals surface area contributed by atoms with Gasteiger partial charge in [-0.2, -0.15) is 0 Å². The van der Waals surface area contributed by atoms with Crippen molar-refractivity contribution < 1.29 is 0 Å². The van der Waals surface area contributed by atoms with Crippen molar-refractivity contribution in [2.24, 2.45) is 0 Å². The highest BCUT2D eigenvalue weighted by Gasteiger charge is 2.05. The van der Waals surface area contributed by atoms with Gasteiger partial charge in [-0.05, 0) is 18.2 Å². The highest BCUT2D eigenvalue weighted by Crippen LogP contribution is 2.25. The number of hydrogen-bond donors (Lipinski definition) is 1. The van der Waals surface area contributed by atoms with Crippen LogP contribution in [-0.2, 0) is 13.1 Å². The van der Waals surface area contributed by atoms with Crippen LogP contribution in [0.25, 0.3) is 10.9 Å². The Morgan fingerprint density at radius 1 is 1.10 bits per heavy atom. The summed E-state index contributed by atoms with van der Waals surface area (Å²) >= 11 is 13.8. The number of fused-ring (bicyclic) bond motifs is 1. The second-order valence-electron chi connectivity index (χ2n) is 4.57. The van der Waals surface area contributed by atoms with Crippen LogP contribution in [0, 0.1) is 0 Å². The van der Waals surface area contributed by atoms with Gasteiger partial charge in [-0.1, -0.05) is 41.4 Å². The summed E-state index contributed by atoms with van der Waals surface area (Å²) in [6.07, 6.45) is 2.00. The summed E-state index contributed by atoms with van der Waals surface area (Å²) in [5, 5.41) is 5.35. The van der Waals surface area contributed by atoms with E-state index in [1.807, 2.05) is 24.4 Å². The van der Waals surface area contributed by atoms with Crippen LogP contribution in [-0.4, -0.2) is 11.1 Å². The first kappa shape index (κ1) is 14.0. The quantitative estimate of drug-likeness (QED) is 0.667. The van der Waals surface area contributed by atoms with Crippen molar-refractivity contribution in [1.29, 1.82) is 0 Å². The van der Waals surface area contributed by atoms with Gasteiger partial charge in [-0.25, -0.2) is 0 Å². The highest BCUT2D eigenvalue weighted by atomic mass is 35.5. The number of para-hydroxylation sites is 1. The predicted octanol–water partition coefficient (Wildman–Crippen LogP) is 4.80. The third-order valence-corrected chi connectivity index (χ3v) is 4.73. The van der Waals surface area contributed by atoms with Gasteiger partial charge in [-0.3, -0.25) is 0 Å². The van der Waals surface area contributed by atoms with Crippen molar-refractivity contribution >= 4 is 45.4 Å². The van der Waals surface area contributed by atoms with E-state index in [1.165, 1.54) is 10.4 Å². The van der Waals surface area contributed by atoms with E-state index in [0.717, 1.165) is 34.4 Å². The maximum absolute atomic E-state index is 6.23. The molecular weight excluding hydrogens is 311 g/mol. The molecule has 0 saturated carbocycles. The smallest absolute Gasteiger partial charge is 0.0931 e. The van der Waals surface area contributed by atoms with E-state index in [-0.39, 0.29) is 0 Å². The Morgan fingerprint density at radius 3 is 2.75 bits per heavy atom. The number of halogens is 2. The van der Waals surface area contributed by atoms with Crippen LogP contribution in [0.4, 0.5) is 0 Å². The number of nitrogens with one attached hydrogen (secondary N) is 1. The molecule has 2 aromatic heterocycles. The van der Waals surface area contributed by atoms with E-state index in [0.29, 0.717) is 0 Å². The number of hydrogen-bond acceptors (Lipinski definition) is 2. The lowest BCUT2D eigenvalue weighted by Crippen LogP contribution is -2.18. The molecule has 0 radical (unpaired) electrons. The number of aromatic nitrogens is 1. The Hall–Kier alpha value is -1.00. The van der Waals surface area contributed by atoms with Gasteiger partial charge < -0.3 is 9.88 Å². The molecule has 0 amide bonds. The molecule has 5 heteroatoms. The third kappa shape index (κ3) is 3.01. The fourth-order valence-corrected chi connectivity index (χ4v) is 3.58. The van der Waals surface area contributed by atoms with Crippen molar-refractivity contribution in [3.63, 3.8) is 0 Å². The van der Waals surface area contributed by atoms with Crippen LogP contribution in [0.5, 0.6) is 0 Å². The average molecular weight is 325 g/mol. The maximum Gasteiger partial charge on any atom is 0.0931 e. The standard InChI is InChI=1S/C15H14Cl2N2S/c16-13-10-19(14-4-2-1-3-12(13)14)8-7-18-9-11-5-6-15(17)20-11/h1-6,10,18H,7-9H2. The molecule has 0 aliphatic carbocycles. The highest BCUT2D eigenvalue weighted by molar-refractivity contribution is 7.16. The van der Waals surface area contributed by atoms with Gasteiger partial charge >= 0.3 is 0 Å². The van der Waals surface area contributed by atoms with Crippen LogP contribution >= 0.6 is 34.5 Å². The Labute approximate surface area is 131 Å². The minimum Gasteiger partial charge on any atom is -0.345 e. The van der Waals surface area contributed by atoms with Crippen LogP contribution < -0.4 is 5.32 Å². The molecule has 1 N–H and O–H groups in total. The van der Waals surface area contributed by atoms with Crippen molar-refractivity contribution in [2.75, 3.05) is 6.54 Å². The first-order valence-electron chi connectivity index (χ1n) is 6.42. The molecule has 0 fully saturated rings. The van der Waals surface area contributed by atoms with Crippen LogP contribution in [0.3, 0.4) is 0 Å². The molecule has 3 rings (SSSR count). The zero-order valence-electron chi connectivity index (χ0n) is 10.8. The Morgan fingerprint density at radius 2 is 1.95 bits per heavy atom. The largest absolute Gasteiger partial charge is 0.345 e. The van der Waals surface area contributed by atoms with Gasteiger partial charge in [-0.15, -0.1) is 11.3 Å². The monoisotopic (exact) mass is 324 g/mol. The lowest BCUT2D eigenvalue weighted by atomic mass is 10.2. The van der Waals surface area contributed by atoms with E-state index >= 15 is 0 Å². The van der Waals surface area contributed by atoms with Crippen LogP contribution in [0.15, 0.2) is 42.6 Å². The van der Waals surface area contributed by atoms with Gasteiger partial charge in [0.25, 0.3) is 0 Å². The molecule has 104 valence electrons. The second kappa shape index (κ2) is 6.19. The molecule has 1 aromatic carbocycles. The predicted molar refractivity (Wildman–Crippen MR) is 88.0 cm³/mol. The molecule has 2 nitrogen and oxygen atoms in total. The summed E-state index contributed by atoms with van der Waals surface area (Å²) in [4.78, 5) is 1.25. The fraction of sp³-hybridized carbons (Fsp3) is 0.200. The zero-order valence-corrected chi connectivity index (χ0v) is 13.1. The molecule has 0 aliphatic rings. The van der Waals surface area contributed by atoms with E-state index in [1.54, 1.807) is 11.3 Å². The lowest BCUT2D eigenvalue weighted by molar-refractivity contribution is 0.613. The first-order valence-corrected chi connectivity index (χ1v) is 7.99. The minimum atomic E-state index is 0.811. The molecular formula is C15H14Cl2N2S. The van der Waals surface area contributed by atoms with E-state index < -0.39 is 0 Å². The first-order chi connectivity index (χ1) is 9.74. The maximum atomic E-state index is 6.23. The Kier molecular flexibility index (Phi) is 4.32. The molecule has 0 saturated heterocycles. The third-order valence-electron chi connectivity index (χ3n) is 3.20. The van der Waals surface area contributed by atoms with Crippen molar-refractivity contribution in [3.8, 4) is 0 Å². The molecule has 0 bridgehead atoms. The summed E-state index contributed by atoms with van der Waals surface area (Å²) in [5.41, 5.74) is 1.18. The molecule has 20 heavy (non-hydrogen) atoms. The molecule has 0 atom stereocenters. The Balaban J connectivity index is 1.60. The summed E-state index contributed by atoms with van der Waals surface area (Å²) in [6, 6.07) is 12.2. The Bertz CT molecular complexity index is 718. The fourth-order valence-electron chi connectivity index (χ4n) is 2.24. The van der Waals surface area contributed by atoms with Crippen molar-refractivity contribution in [2.45, 2.75) is 13.1 Å². The molecule has 0 spiro atoms. The topological polar surface area (TPSA) is 17.0 Å². The summed E-state index contributed by atoms with van der Waals surface area (Å²) in [7, 11) is 0. The number of benzene rings is 1. The van der Waals surface area contributed by atoms with Crippen molar-refractivity contribution in [3.05, 3.63) is 56.8 Å². The van der Waals surface area contributed by atoms with E-state index in [4.69, 9.17) is 23.2 Å². The van der Waals surface area contributed by atoms with Gasteiger partial charge in [0.1, 0.15) is 0 Å². The molecule has 2 heterocycles. The van der Waals surface area contributed by atoms with E-state index in [2.05, 4.69) is 28.1 Å². The van der Waals surface area contributed by atoms with E-state index in [9.17, 15) is 0 Å². The summed E-state index contributed by atoms with van der Waals surface area (Å²) < 4.78 is 3.02. The van der Waals surface area contributed by atoms with Crippen LogP contribution in [0.1, 0.15) is 4.88 Å². The van der Waals surface area contributed by atoms with Crippen LogP contribution in [0.2, 0.25) is 9.36 Å². The molecule has 3 aromatic rings. The van der Waals surface area contributed by atoms with Gasteiger partial charge in [0.2, 0.25) is 0 Å². The number of thiophene rings is 1. The average Bonchev–Trinajstić information content (AvgIpc) is 3.00. The number of rotatable bonds is 5. The van der Waals surface area contributed by atoms with Gasteiger partial charge in [0, 0.05) is 41.6 Å². The number of nitrogens with zero attached hydrogens (tertiary/aromatic N) is 1. The molecule has 0 unspecified atom stereocenters. The normalized spacial score (nSPS) is 11.3.